The van der Waals surface area contributed by atoms with Crippen molar-refractivity contribution in [2.24, 2.45) is 0 Å². The first kappa shape index (κ1) is 22.9. The Labute approximate surface area is 172 Å². The third kappa shape index (κ3) is 7.53. The fourth-order valence-electron chi connectivity index (χ4n) is 3.22. The molecule has 8 heteroatoms. The van der Waals surface area contributed by atoms with Crippen molar-refractivity contribution in [3.05, 3.63) is 24.0 Å². The Balaban J connectivity index is 2.02. The summed E-state index contributed by atoms with van der Waals surface area (Å²) in [6.07, 6.45) is 1.38. The molecule has 29 heavy (non-hydrogen) atoms. The van der Waals surface area contributed by atoms with Crippen LogP contribution in [-0.2, 0) is 9.53 Å². The number of likely N-dealkylation sites (tertiary alicyclic amines) is 1. The van der Waals surface area contributed by atoms with Gasteiger partial charge in [-0.15, -0.1) is 0 Å². The van der Waals surface area contributed by atoms with Crippen LogP contribution >= 0.6 is 0 Å². The predicted octanol–water partition coefficient (Wildman–Crippen LogP) is 3.57. The molecule has 1 saturated heterocycles. The number of rotatable bonds is 6. The van der Waals surface area contributed by atoms with Crippen molar-refractivity contribution in [3.8, 4) is 0 Å². The molecule has 1 fully saturated rings. The SMILES string of the molecule is CCN1CCC[C@H](Nc2cc(F)ccc2NC(=O)[C@H](C)NC(=O)OC(C)(C)C)C1. The highest BCUT2D eigenvalue weighted by Gasteiger charge is 2.23. The van der Waals surface area contributed by atoms with Gasteiger partial charge >= 0.3 is 6.09 Å². The largest absolute Gasteiger partial charge is 0.444 e. The van der Waals surface area contributed by atoms with Crippen LogP contribution in [0.15, 0.2) is 18.2 Å². The predicted molar refractivity (Wildman–Crippen MR) is 113 cm³/mol. The first-order chi connectivity index (χ1) is 13.6. The molecule has 1 aliphatic rings. The van der Waals surface area contributed by atoms with E-state index in [1.807, 2.05) is 0 Å². The monoisotopic (exact) mass is 408 g/mol. The number of carbonyl (C=O) groups is 2. The smallest absolute Gasteiger partial charge is 0.408 e. The second-order valence-corrected chi connectivity index (χ2v) is 8.42. The molecule has 0 unspecified atom stereocenters. The number of benzene rings is 1. The second-order valence-electron chi connectivity index (χ2n) is 8.42. The molecule has 1 heterocycles. The maximum Gasteiger partial charge on any atom is 0.408 e. The van der Waals surface area contributed by atoms with Crippen molar-refractivity contribution in [2.75, 3.05) is 30.3 Å². The zero-order chi connectivity index (χ0) is 21.6. The van der Waals surface area contributed by atoms with Crippen molar-refractivity contribution >= 4 is 23.4 Å². The Morgan fingerprint density at radius 1 is 1.31 bits per heavy atom. The molecule has 0 spiro atoms. The minimum atomic E-state index is -0.812. The average molecular weight is 409 g/mol. The van der Waals surface area contributed by atoms with E-state index in [2.05, 4.69) is 27.8 Å². The summed E-state index contributed by atoms with van der Waals surface area (Å²) in [5.41, 5.74) is 0.356. The standard InChI is InChI=1S/C21H33FN4O3/c1-6-26-11-7-8-16(13-26)24-18-12-15(22)9-10-17(18)25-19(27)14(2)23-20(28)29-21(3,4)5/h9-10,12,14,16,24H,6-8,11,13H2,1-5H3,(H,23,28)(H,25,27)/t14-,16-/m0/s1. The van der Waals surface area contributed by atoms with Crippen molar-refractivity contribution in [1.29, 1.82) is 0 Å². The number of ether oxygens (including phenoxy) is 1. The zero-order valence-electron chi connectivity index (χ0n) is 18.0. The van der Waals surface area contributed by atoms with Crippen LogP contribution in [0.4, 0.5) is 20.6 Å². The molecule has 1 aromatic carbocycles. The summed E-state index contributed by atoms with van der Waals surface area (Å²) in [4.78, 5) is 26.7. The van der Waals surface area contributed by atoms with E-state index in [9.17, 15) is 14.0 Å². The Hall–Kier alpha value is -2.35. The molecule has 162 valence electrons. The molecule has 0 aromatic heterocycles. The van der Waals surface area contributed by atoms with Gasteiger partial charge in [-0.3, -0.25) is 4.79 Å². The highest BCUT2D eigenvalue weighted by molar-refractivity contribution is 5.98. The van der Waals surface area contributed by atoms with Crippen LogP contribution in [0.2, 0.25) is 0 Å². The summed E-state index contributed by atoms with van der Waals surface area (Å²) >= 11 is 0. The molecule has 0 bridgehead atoms. The summed E-state index contributed by atoms with van der Waals surface area (Å²) in [5.74, 6) is -0.794. The van der Waals surface area contributed by atoms with Gasteiger partial charge in [-0.1, -0.05) is 6.92 Å². The highest BCUT2D eigenvalue weighted by Crippen LogP contribution is 2.26. The van der Waals surface area contributed by atoms with E-state index in [1.54, 1.807) is 27.7 Å². The topological polar surface area (TPSA) is 82.7 Å². The van der Waals surface area contributed by atoms with Gasteiger partial charge in [-0.05, 0) is 71.8 Å². The third-order valence-corrected chi connectivity index (χ3v) is 4.68. The number of hydrogen-bond acceptors (Lipinski definition) is 5. The Bertz CT molecular complexity index is 720. The number of piperidine rings is 1. The summed E-state index contributed by atoms with van der Waals surface area (Å²) in [5, 5.41) is 8.64. The van der Waals surface area contributed by atoms with Crippen molar-refractivity contribution in [2.45, 2.75) is 65.1 Å². The van der Waals surface area contributed by atoms with Crippen LogP contribution in [0.1, 0.15) is 47.5 Å². The number of hydrogen-bond donors (Lipinski definition) is 3. The van der Waals surface area contributed by atoms with E-state index >= 15 is 0 Å². The van der Waals surface area contributed by atoms with E-state index in [4.69, 9.17) is 4.74 Å². The van der Waals surface area contributed by atoms with Gasteiger partial charge in [0, 0.05) is 12.6 Å². The van der Waals surface area contributed by atoms with Crippen LogP contribution in [-0.4, -0.2) is 54.2 Å². The molecule has 2 amide bonds. The van der Waals surface area contributed by atoms with E-state index in [-0.39, 0.29) is 11.9 Å². The van der Waals surface area contributed by atoms with Gasteiger partial charge in [-0.2, -0.15) is 0 Å². The van der Waals surface area contributed by atoms with Crippen LogP contribution in [0.25, 0.3) is 0 Å². The Kier molecular flexibility index (Phi) is 7.84. The van der Waals surface area contributed by atoms with E-state index < -0.39 is 23.6 Å². The maximum atomic E-state index is 13.8. The Morgan fingerprint density at radius 2 is 2.03 bits per heavy atom. The molecule has 3 N–H and O–H groups in total. The summed E-state index contributed by atoms with van der Waals surface area (Å²) in [7, 11) is 0. The lowest BCUT2D eigenvalue weighted by Crippen LogP contribution is -2.44. The lowest BCUT2D eigenvalue weighted by molar-refractivity contribution is -0.117. The molecule has 1 aromatic rings. The summed E-state index contributed by atoms with van der Waals surface area (Å²) < 4.78 is 19.0. The number of carbonyl (C=O) groups excluding carboxylic acids is 2. The highest BCUT2D eigenvalue weighted by atomic mass is 19.1. The van der Waals surface area contributed by atoms with Gasteiger partial charge in [0.15, 0.2) is 0 Å². The molecule has 0 aliphatic carbocycles. The summed E-state index contributed by atoms with van der Waals surface area (Å²) in [6.45, 7) is 11.8. The average Bonchev–Trinajstić information content (AvgIpc) is 2.62. The number of amides is 2. The van der Waals surface area contributed by atoms with Crippen molar-refractivity contribution in [3.63, 3.8) is 0 Å². The number of halogens is 1. The molecule has 1 aliphatic heterocycles. The normalized spacial score (nSPS) is 18.6. The number of alkyl carbamates (subject to hydrolysis) is 1. The minimum absolute atomic E-state index is 0.179. The van der Waals surface area contributed by atoms with Crippen LogP contribution < -0.4 is 16.0 Å². The van der Waals surface area contributed by atoms with Gasteiger partial charge in [0.25, 0.3) is 0 Å². The molecule has 2 atom stereocenters. The number of anilines is 2. The lowest BCUT2D eigenvalue weighted by atomic mass is 10.1. The Morgan fingerprint density at radius 3 is 2.69 bits per heavy atom. The molecule has 0 radical (unpaired) electrons. The van der Waals surface area contributed by atoms with Crippen LogP contribution in [0.5, 0.6) is 0 Å². The fourth-order valence-corrected chi connectivity index (χ4v) is 3.22. The quantitative estimate of drug-likeness (QED) is 0.670. The molecule has 0 saturated carbocycles. The number of likely N-dealkylation sites (N-methyl/N-ethyl adjacent to an activating group) is 1. The van der Waals surface area contributed by atoms with E-state index in [1.165, 1.54) is 18.2 Å². The number of nitrogens with zero attached hydrogens (tertiary/aromatic N) is 1. The molecular weight excluding hydrogens is 375 g/mol. The van der Waals surface area contributed by atoms with E-state index in [0.29, 0.717) is 11.4 Å². The van der Waals surface area contributed by atoms with Gasteiger partial charge in [-0.25, -0.2) is 9.18 Å². The lowest BCUT2D eigenvalue weighted by Gasteiger charge is -2.33. The molecule has 7 nitrogen and oxygen atoms in total. The minimum Gasteiger partial charge on any atom is -0.444 e. The summed E-state index contributed by atoms with van der Waals surface area (Å²) in [6, 6.07) is 3.57. The molecule has 2 rings (SSSR count). The van der Waals surface area contributed by atoms with Gasteiger partial charge in [0.05, 0.1) is 11.4 Å². The van der Waals surface area contributed by atoms with E-state index in [0.717, 1.165) is 32.5 Å². The maximum absolute atomic E-state index is 13.8. The zero-order valence-corrected chi connectivity index (χ0v) is 18.0. The van der Waals surface area contributed by atoms with Gasteiger partial charge in [0.1, 0.15) is 17.5 Å². The second kappa shape index (κ2) is 9.91. The van der Waals surface area contributed by atoms with Gasteiger partial charge in [0.2, 0.25) is 5.91 Å². The van der Waals surface area contributed by atoms with Gasteiger partial charge < -0.3 is 25.6 Å². The fraction of sp³-hybridized carbons (Fsp3) is 0.619. The first-order valence-electron chi connectivity index (χ1n) is 10.2. The van der Waals surface area contributed by atoms with Crippen LogP contribution in [0.3, 0.4) is 0 Å². The van der Waals surface area contributed by atoms with Crippen LogP contribution in [0, 0.1) is 5.82 Å². The third-order valence-electron chi connectivity index (χ3n) is 4.68. The first-order valence-corrected chi connectivity index (χ1v) is 10.2. The molecular formula is C21H33FN4O3. The number of nitrogens with one attached hydrogen (secondary N) is 3. The van der Waals surface area contributed by atoms with Crippen molar-refractivity contribution in [1.82, 2.24) is 10.2 Å². The van der Waals surface area contributed by atoms with Crippen molar-refractivity contribution < 1.29 is 18.7 Å².